The van der Waals surface area contributed by atoms with E-state index in [2.05, 4.69) is 13.8 Å². The molecule has 1 saturated carbocycles. The second-order valence-corrected chi connectivity index (χ2v) is 5.87. The lowest BCUT2D eigenvalue weighted by molar-refractivity contribution is -0.123. The molecular weight excluding hydrogens is 224 g/mol. The molecular formula is C16H32O2. The normalized spacial score (nSPS) is 22.0. The molecule has 1 N–H and O–H groups in total. The summed E-state index contributed by atoms with van der Waals surface area (Å²) in [6.07, 6.45) is 10.2. The lowest BCUT2D eigenvalue weighted by atomic mass is 9.84. The highest BCUT2D eigenvalue weighted by Gasteiger charge is 2.41. The molecule has 1 aliphatic rings. The summed E-state index contributed by atoms with van der Waals surface area (Å²) in [5.74, 6) is 0.665. The van der Waals surface area contributed by atoms with E-state index in [1.54, 1.807) is 0 Å². The van der Waals surface area contributed by atoms with E-state index < -0.39 is 0 Å². The van der Waals surface area contributed by atoms with E-state index in [1.807, 2.05) is 6.92 Å². The molecule has 0 aliphatic heterocycles. The van der Waals surface area contributed by atoms with Gasteiger partial charge in [0.1, 0.15) is 0 Å². The molecule has 1 aliphatic carbocycles. The highest BCUT2D eigenvalue weighted by atomic mass is 16.5. The SMILES string of the molecule is CCCCC(CC)CC(O)C1(OCC)CCCC1. The van der Waals surface area contributed by atoms with Crippen LogP contribution in [0.3, 0.4) is 0 Å². The van der Waals surface area contributed by atoms with E-state index in [4.69, 9.17) is 4.74 Å². The van der Waals surface area contributed by atoms with Crippen molar-refractivity contribution in [2.45, 2.75) is 90.3 Å². The van der Waals surface area contributed by atoms with E-state index in [1.165, 1.54) is 38.5 Å². The van der Waals surface area contributed by atoms with Crippen LogP contribution >= 0.6 is 0 Å². The minimum Gasteiger partial charge on any atom is -0.390 e. The Morgan fingerprint density at radius 1 is 1.17 bits per heavy atom. The summed E-state index contributed by atoms with van der Waals surface area (Å²) >= 11 is 0. The van der Waals surface area contributed by atoms with Crippen LogP contribution in [0.1, 0.15) is 78.6 Å². The third-order valence-electron chi connectivity index (χ3n) is 4.59. The fourth-order valence-corrected chi connectivity index (χ4v) is 3.35. The van der Waals surface area contributed by atoms with Crippen LogP contribution in [0.15, 0.2) is 0 Å². The first kappa shape index (κ1) is 16.0. The van der Waals surface area contributed by atoms with Crippen molar-refractivity contribution in [1.82, 2.24) is 0 Å². The molecule has 0 bridgehead atoms. The predicted octanol–water partition coefficient (Wildman–Crippen LogP) is 4.30. The van der Waals surface area contributed by atoms with Gasteiger partial charge in [-0.1, -0.05) is 52.4 Å². The van der Waals surface area contributed by atoms with E-state index in [0.29, 0.717) is 5.92 Å². The van der Waals surface area contributed by atoms with E-state index >= 15 is 0 Å². The highest BCUT2D eigenvalue weighted by Crippen LogP contribution is 2.39. The summed E-state index contributed by atoms with van der Waals surface area (Å²) in [5.41, 5.74) is -0.214. The molecule has 2 atom stereocenters. The quantitative estimate of drug-likeness (QED) is 0.666. The molecule has 0 spiro atoms. The number of rotatable bonds is 9. The van der Waals surface area contributed by atoms with E-state index in [0.717, 1.165) is 25.9 Å². The van der Waals surface area contributed by atoms with Gasteiger partial charge in [-0.05, 0) is 32.1 Å². The molecule has 0 aromatic carbocycles. The largest absolute Gasteiger partial charge is 0.390 e. The molecule has 0 amide bonds. The monoisotopic (exact) mass is 256 g/mol. The van der Waals surface area contributed by atoms with Gasteiger partial charge in [0.15, 0.2) is 0 Å². The second kappa shape index (κ2) is 8.16. The summed E-state index contributed by atoms with van der Waals surface area (Å²) < 4.78 is 5.95. The van der Waals surface area contributed by atoms with Crippen molar-refractivity contribution >= 4 is 0 Å². The van der Waals surface area contributed by atoms with Gasteiger partial charge >= 0.3 is 0 Å². The first-order valence-electron chi connectivity index (χ1n) is 8.00. The van der Waals surface area contributed by atoms with Gasteiger partial charge in [0.05, 0.1) is 11.7 Å². The van der Waals surface area contributed by atoms with Crippen LogP contribution in [-0.4, -0.2) is 23.4 Å². The van der Waals surface area contributed by atoms with Crippen LogP contribution in [0, 0.1) is 5.92 Å². The van der Waals surface area contributed by atoms with Crippen molar-refractivity contribution in [3.8, 4) is 0 Å². The fraction of sp³-hybridized carbons (Fsp3) is 1.00. The average Bonchev–Trinajstić information content (AvgIpc) is 2.84. The topological polar surface area (TPSA) is 29.5 Å². The smallest absolute Gasteiger partial charge is 0.0940 e. The summed E-state index contributed by atoms with van der Waals surface area (Å²) in [5, 5.41) is 10.6. The summed E-state index contributed by atoms with van der Waals surface area (Å²) in [7, 11) is 0. The van der Waals surface area contributed by atoms with E-state index in [-0.39, 0.29) is 11.7 Å². The molecule has 2 nitrogen and oxygen atoms in total. The second-order valence-electron chi connectivity index (χ2n) is 5.87. The van der Waals surface area contributed by atoms with Crippen LogP contribution < -0.4 is 0 Å². The minimum absolute atomic E-state index is 0.214. The van der Waals surface area contributed by atoms with Crippen molar-refractivity contribution in [1.29, 1.82) is 0 Å². The molecule has 2 unspecified atom stereocenters. The average molecular weight is 256 g/mol. The first-order valence-corrected chi connectivity index (χ1v) is 8.00. The lowest BCUT2D eigenvalue weighted by Gasteiger charge is -2.36. The first-order chi connectivity index (χ1) is 8.68. The van der Waals surface area contributed by atoms with Gasteiger partial charge in [-0.15, -0.1) is 0 Å². The molecule has 1 fully saturated rings. The Bertz CT molecular complexity index is 209. The molecule has 0 aromatic heterocycles. The summed E-state index contributed by atoms with van der Waals surface area (Å²) in [6, 6.07) is 0. The summed E-state index contributed by atoms with van der Waals surface area (Å²) in [6.45, 7) is 7.25. The number of ether oxygens (including phenoxy) is 1. The maximum Gasteiger partial charge on any atom is 0.0940 e. The van der Waals surface area contributed by atoms with Gasteiger partial charge in [-0.2, -0.15) is 0 Å². The molecule has 18 heavy (non-hydrogen) atoms. The number of aliphatic hydroxyl groups is 1. The van der Waals surface area contributed by atoms with Crippen molar-refractivity contribution in [2.24, 2.45) is 5.92 Å². The maximum absolute atomic E-state index is 10.6. The van der Waals surface area contributed by atoms with E-state index in [9.17, 15) is 5.11 Å². The van der Waals surface area contributed by atoms with Crippen LogP contribution in [0.4, 0.5) is 0 Å². The Morgan fingerprint density at radius 2 is 1.83 bits per heavy atom. The Labute approximate surface area is 113 Å². The van der Waals surface area contributed by atoms with Gasteiger partial charge in [0.25, 0.3) is 0 Å². The zero-order chi connectivity index (χ0) is 13.4. The van der Waals surface area contributed by atoms with Crippen molar-refractivity contribution in [3.05, 3.63) is 0 Å². The highest BCUT2D eigenvalue weighted by molar-refractivity contribution is 4.93. The lowest BCUT2D eigenvalue weighted by Crippen LogP contribution is -2.43. The van der Waals surface area contributed by atoms with Crippen LogP contribution in [0.5, 0.6) is 0 Å². The van der Waals surface area contributed by atoms with Crippen molar-refractivity contribution in [2.75, 3.05) is 6.61 Å². The van der Waals surface area contributed by atoms with Gasteiger partial charge in [-0.25, -0.2) is 0 Å². The molecule has 0 aromatic rings. The van der Waals surface area contributed by atoms with Crippen molar-refractivity contribution < 1.29 is 9.84 Å². The number of aliphatic hydroxyl groups excluding tert-OH is 1. The fourth-order valence-electron chi connectivity index (χ4n) is 3.35. The number of unbranched alkanes of at least 4 members (excludes halogenated alkanes) is 1. The van der Waals surface area contributed by atoms with Gasteiger partial charge in [0.2, 0.25) is 0 Å². The molecule has 1 rings (SSSR count). The molecule has 0 radical (unpaired) electrons. The van der Waals surface area contributed by atoms with Crippen molar-refractivity contribution in [3.63, 3.8) is 0 Å². The molecule has 0 heterocycles. The Kier molecular flexibility index (Phi) is 7.25. The number of hydrogen-bond acceptors (Lipinski definition) is 2. The molecule has 2 heteroatoms. The zero-order valence-electron chi connectivity index (χ0n) is 12.6. The van der Waals surface area contributed by atoms with Crippen LogP contribution in [0.2, 0.25) is 0 Å². The standard InChI is InChI=1S/C16H32O2/c1-4-7-10-14(5-2)13-15(17)16(18-6-3)11-8-9-12-16/h14-15,17H,4-13H2,1-3H3. The predicted molar refractivity (Wildman–Crippen MR) is 76.8 cm³/mol. The zero-order valence-corrected chi connectivity index (χ0v) is 12.6. The minimum atomic E-state index is -0.262. The Balaban J connectivity index is 2.51. The van der Waals surface area contributed by atoms with Gasteiger partial charge in [-0.3, -0.25) is 0 Å². The van der Waals surface area contributed by atoms with Gasteiger partial charge < -0.3 is 9.84 Å². The number of hydrogen-bond donors (Lipinski definition) is 1. The maximum atomic E-state index is 10.6. The van der Waals surface area contributed by atoms with Crippen LogP contribution in [-0.2, 0) is 4.74 Å². The Hall–Kier alpha value is -0.0800. The summed E-state index contributed by atoms with van der Waals surface area (Å²) in [4.78, 5) is 0. The van der Waals surface area contributed by atoms with Crippen LogP contribution in [0.25, 0.3) is 0 Å². The van der Waals surface area contributed by atoms with Gasteiger partial charge in [0, 0.05) is 6.61 Å². The third kappa shape index (κ3) is 4.24. The molecule has 0 saturated heterocycles. The molecule has 108 valence electrons. The third-order valence-corrected chi connectivity index (χ3v) is 4.59. The Morgan fingerprint density at radius 3 is 2.33 bits per heavy atom.